The molecule has 0 saturated carbocycles. The molecular weight excluding hydrogens is 711 g/mol. The molecular formula is C44H41N5O7. The number of amides is 2. The van der Waals surface area contributed by atoms with Crippen LogP contribution in [0.5, 0.6) is 17.2 Å². The fourth-order valence-electron chi connectivity index (χ4n) is 8.40. The lowest BCUT2D eigenvalue weighted by Gasteiger charge is -2.27. The van der Waals surface area contributed by atoms with E-state index in [0.717, 1.165) is 40.7 Å². The monoisotopic (exact) mass is 755 g/mol. The van der Waals surface area contributed by atoms with E-state index in [0.29, 0.717) is 47.5 Å². The van der Waals surface area contributed by atoms with Crippen LogP contribution in [-0.2, 0) is 26.0 Å². The summed E-state index contributed by atoms with van der Waals surface area (Å²) in [7, 11) is 3.21. The van der Waals surface area contributed by atoms with Gasteiger partial charge in [0.25, 0.3) is 17.5 Å². The largest absolute Gasteiger partial charge is 0.493 e. The van der Waals surface area contributed by atoms with Gasteiger partial charge in [0.05, 0.1) is 52.1 Å². The summed E-state index contributed by atoms with van der Waals surface area (Å²) < 4.78 is 53.7. The lowest BCUT2D eigenvalue weighted by atomic mass is 10.0. The van der Waals surface area contributed by atoms with Gasteiger partial charge in [-0.05, 0) is 84.8 Å². The number of para-hydroxylation sites is 2. The second-order valence-electron chi connectivity index (χ2n) is 14.7. The number of likely N-dealkylation sites (N-methyl/N-ethyl adjacent to an activating group) is 1. The van der Waals surface area contributed by atoms with Crippen LogP contribution >= 0.6 is 0 Å². The van der Waals surface area contributed by atoms with E-state index < -0.39 is 23.7 Å². The molecule has 4 heterocycles. The molecule has 4 aliphatic heterocycles. The van der Waals surface area contributed by atoms with Crippen molar-refractivity contribution in [2.24, 2.45) is 0 Å². The molecule has 0 radical (unpaired) electrons. The molecule has 284 valence electrons. The van der Waals surface area contributed by atoms with Gasteiger partial charge in [0, 0.05) is 55.3 Å². The Morgan fingerprint density at radius 2 is 1.45 bits per heavy atom. The first-order valence-electron chi connectivity index (χ1n) is 20.4. The zero-order chi connectivity index (χ0) is 42.4. The highest BCUT2D eigenvalue weighted by Gasteiger charge is 2.42. The first-order chi connectivity index (χ1) is 28.5. The van der Waals surface area contributed by atoms with Crippen LogP contribution in [0.25, 0.3) is 0 Å². The van der Waals surface area contributed by atoms with Crippen molar-refractivity contribution in [3.8, 4) is 17.2 Å². The summed E-state index contributed by atoms with van der Waals surface area (Å²) in [6.07, 6.45) is 1.35. The molecule has 56 heavy (non-hydrogen) atoms. The normalized spacial score (nSPS) is 20.6. The minimum atomic E-state index is -2.78. The Bertz CT molecular complexity index is 2640. The zero-order valence-electron chi connectivity index (χ0n) is 35.2. The van der Waals surface area contributed by atoms with Gasteiger partial charge in [-0.15, -0.1) is 0 Å². The third kappa shape index (κ3) is 5.92. The summed E-state index contributed by atoms with van der Waals surface area (Å²) in [6.45, 7) is -1.35. The Labute approximate surface area is 330 Å². The van der Waals surface area contributed by atoms with E-state index in [1.807, 2.05) is 72.3 Å². The van der Waals surface area contributed by atoms with Crippen molar-refractivity contribution in [2.75, 3.05) is 40.7 Å². The number of nitrogens with one attached hydrogen (secondary N) is 1. The maximum Gasteiger partial charge on any atom is 0.270 e. The minimum absolute atomic E-state index is 0.0439. The SMILES string of the molecule is [2H]C([2H])(Oc1cc2c(cc1C)C(=O)N1c3ccccc3C[C@H]1CN2C)c1cc([N+](=O)[O-])cc(C([2H])([2H])Oc2cc3c(cc2OC)C(=O)N2c4ccccc4C[C@H]2C(C)N3)c1. The molecule has 5 aromatic carbocycles. The third-order valence-electron chi connectivity index (χ3n) is 11.1. The Balaban J connectivity index is 1.02. The van der Waals surface area contributed by atoms with Crippen LogP contribution in [0, 0.1) is 17.0 Å². The Morgan fingerprint density at radius 1 is 0.804 bits per heavy atom. The number of hydrogen-bond acceptors (Lipinski definition) is 9. The van der Waals surface area contributed by atoms with E-state index in [1.165, 1.54) is 19.2 Å². The van der Waals surface area contributed by atoms with Crippen molar-refractivity contribution in [3.05, 3.63) is 140 Å². The molecule has 9 rings (SSSR count). The van der Waals surface area contributed by atoms with Gasteiger partial charge in [-0.1, -0.05) is 36.4 Å². The maximum atomic E-state index is 14.1. The van der Waals surface area contributed by atoms with Gasteiger partial charge in [0.1, 0.15) is 18.9 Å². The van der Waals surface area contributed by atoms with Gasteiger partial charge in [0.2, 0.25) is 0 Å². The van der Waals surface area contributed by atoms with E-state index in [4.69, 9.17) is 19.7 Å². The number of nitrogens with zero attached hydrogens (tertiary/aromatic N) is 4. The Morgan fingerprint density at radius 3 is 2.14 bits per heavy atom. The zero-order valence-corrected chi connectivity index (χ0v) is 31.2. The quantitative estimate of drug-likeness (QED) is 0.127. The Hall–Kier alpha value is -6.56. The lowest BCUT2D eigenvalue weighted by molar-refractivity contribution is -0.385. The average molecular weight is 756 g/mol. The van der Waals surface area contributed by atoms with Crippen molar-refractivity contribution in [3.63, 3.8) is 0 Å². The van der Waals surface area contributed by atoms with Crippen molar-refractivity contribution in [2.45, 2.75) is 57.9 Å². The molecule has 4 aliphatic rings. The predicted molar refractivity (Wildman–Crippen MR) is 214 cm³/mol. The number of anilines is 4. The number of ether oxygens (including phenoxy) is 3. The summed E-state index contributed by atoms with van der Waals surface area (Å²) in [5, 5.41) is 15.6. The molecule has 0 saturated heterocycles. The van der Waals surface area contributed by atoms with Crippen LogP contribution in [0.1, 0.15) is 60.9 Å². The lowest BCUT2D eigenvalue weighted by Crippen LogP contribution is -2.44. The summed E-state index contributed by atoms with van der Waals surface area (Å²) in [5.74, 6) is -0.386. The van der Waals surface area contributed by atoms with E-state index >= 15 is 0 Å². The van der Waals surface area contributed by atoms with Gasteiger partial charge < -0.3 is 34.2 Å². The fourth-order valence-corrected chi connectivity index (χ4v) is 8.40. The number of methoxy groups -OCH3 is 1. The first-order valence-corrected chi connectivity index (χ1v) is 18.4. The number of nitro benzene ring substituents is 1. The van der Waals surface area contributed by atoms with Gasteiger partial charge in [-0.3, -0.25) is 19.7 Å². The molecule has 12 nitrogen and oxygen atoms in total. The van der Waals surface area contributed by atoms with Crippen LogP contribution < -0.4 is 34.2 Å². The molecule has 0 bridgehead atoms. The van der Waals surface area contributed by atoms with Gasteiger partial charge >= 0.3 is 0 Å². The number of non-ortho nitro benzene ring substituents is 1. The number of nitro groups is 1. The molecule has 0 aromatic heterocycles. The smallest absolute Gasteiger partial charge is 0.270 e. The number of carbonyl (C=O) groups is 2. The predicted octanol–water partition coefficient (Wildman–Crippen LogP) is 7.48. The van der Waals surface area contributed by atoms with E-state index in [-0.39, 0.29) is 58.3 Å². The molecule has 0 fully saturated rings. The van der Waals surface area contributed by atoms with Gasteiger partial charge in [-0.2, -0.15) is 0 Å². The van der Waals surface area contributed by atoms with Crippen molar-refractivity contribution >= 4 is 40.3 Å². The topological polar surface area (TPSA) is 127 Å². The standard InChI is InChI=1S/C44H41N5O7/c1-25-13-34-39(46(3)22-32-17-29-9-5-7-11-36(29)47(32)44(34)51)21-40(25)55-23-27-14-28(16-31(15-27)49(52)53)24-56-42-20-35-33(19-41(42)54-4)43(50)48-37-12-8-6-10-30(37)18-38(48)26(2)45-35/h5-16,19-21,26,32,38,45H,17-18,22-24H2,1-4H3/t26?,32-,38-/m0/s1/i23D2,24D2. The molecule has 1 N–H and O–H groups in total. The van der Waals surface area contributed by atoms with Crippen LogP contribution in [0.3, 0.4) is 0 Å². The second-order valence-corrected chi connectivity index (χ2v) is 14.7. The van der Waals surface area contributed by atoms with Crippen molar-refractivity contribution in [1.29, 1.82) is 0 Å². The van der Waals surface area contributed by atoms with E-state index in [2.05, 4.69) is 5.32 Å². The number of hydrogen-bond donors (Lipinski definition) is 1. The van der Waals surface area contributed by atoms with Crippen molar-refractivity contribution in [1.82, 2.24) is 0 Å². The molecule has 12 heteroatoms. The van der Waals surface area contributed by atoms with Gasteiger partial charge in [-0.25, -0.2) is 0 Å². The molecule has 2 amide bonds. The van der Waals surface area contributed by atoms with Crippen molar-refractivity contribution < 1.29 is 34.2 Å². The molecule has 0 spiro atoms. The second kappa shape index (κ2) is 13.6. The minimum Gasteiger partial charge on any atom is -0.493 e. The highest BCUT2D eigenvalue weighted by Crippen LogP contribution is 2.43. The number of fused-ring (bicyclic) bond motifs is 8. The summed E-state index contributed by atoms with van der Waals surface area (Å²) in [4.78, 5) is 45.1. The van der Waals surface area contributed by atoms with Crippen LogP contribution in [0.15, 0.2) is 91.0 Å². The third-order valence-corrected chi connectivity index (χ3v) is 11.1. The summed E-state index contributed by atoms with van der Waals surface area (Å²) >= 11 is 0. The number of rotatable bonds is 8. The number of carbonyl (C=O) groups excluding carboxylic acids is 2. The molecule has 0 aliphatic carbocycles. The number of benzene rings is 5. The van der Waals surface area contributed by atoms with Crippen LogP contribution in [-0.4, -0.2) is 55.6 Å². The highest BCUT2D eigenvalue weighted by atomic mass is 16.6. The Kier molecular flexibility index (Phi) is 7.48. The van der Waals surface area contributed by atoms with E-state index in [9.17, 15) is 19.7 Å². The first kappa shape index (κ1) is 30.7. The summed E-state index contributed by atoms with van der Waals surface area (Å²) in [5.41, 5.74) is 4.65. The van der Waals surface area contributed by atoms with Gasteiger partial charge in [0.15, 0.2) is 11.5 Å². The van der Waals surface area contributed by atoms with E-state index in [1.54, 1.807) is 24.0 Å². The van der Waals surface area contributed by atoms with Crippen LogP contribution in [0.4, 0.5) is 28.4 Å². The molecule has 3 atom stereocenters. The molecule has 5 aromatic rings. The average Bonchev–Trinajstić information content (AvgIpc) is 3.74. The molecule has 1 unspecified atom stereocenters. The highest BCUT2D eigenvalue weighted by molar-refractivity contribution is 6.13. The maximum absolute atomic E-state index is 14.1. The number of aryl methyl sites for hydroxylation is 1. The fraction of sp³-hybridized carbons (Fsp3) is 0.273. The summed E-state index contributed by atoms with van der Waals surface area (Å²) in [6, 6.07) is 24.4. The van der Waals surface area contributed by atoms with Crippen LogP contribution in [0.2, 0.25) is 0 Å².